The molecule has 2 unspecified atom stereocenters. The second kappa shape index (κ2) is 3.77. The molecule has 1 saturated heterocycles. The van der Waals surface area contributed by atoms with Crippen molar-refractivity contribution in [2.45, 2.75) is 51.8 Å². The lowest BCUT2D eigenvalue weighted by Crippen LogP contribution is -2.42. The van der Waals surface area contributed by atoms with Crippen LogP contribution in [0.3, 0.4) is 0 Å². The lowest BCUT2D eigenvalue weighted by molar-refractivity contribution is 0.0234. The summed E-state index contributed by atoms with van der Waals surface area (Å²) in [5, 5.41) is 0. The van der Waals surface area contributed by atoms with Gasteiger partial charge in [0.05, 0.1) is 0 Å². The number of hydrogen-bond donors (Lipinski definition) is 1. The van der Waals surface area contributed by atoms with Crippen LogP contribution >= 0.6 is 0 Å². The summed E-state index contributed by atoms with van der Waals surface area (Å²) in [7, 11) is 0. The molecule has 1 heterocycles. The van der Waals surface area contributed by atoms with Gasteiger partial charge in [0, 0.05) is 18.6 Å². The fourth-order valence-corrected chi connectivity index (χ4v) is 1.54. The van der Waals surface area contributed by atoms with Crippen molar-refractivity contribution >= 4 is 6.09 Å². The van der Waals surface area contributed by atoms with Crippen molar-refractivity contribution < 1.29 is 9.53 Å². The Morgan fingerprint density at radius 3 is 2.43 bits per heavy atom. The molecule has 2 atom stereocenters. The summed E-state index contributed by atoms with van der Waals surface area (Å²) in [5.74, 6) is 0. The van der Waals surface area contributed by atoms with E-state index in [1.54, 1.807) is 4.90 Å². The molecule has 1 aliphatic rings. The number of likely N-dealkylation sites (tertiary alicyclic amines) is 1. The maximum absolute atomic E-state index is 11.7. The number of nitrogens with zero attached hydrogens (tertiary/aromatic N) is 1. The summed E-state index contributed by atoms with van der Waals surface area (Å²) < 4.78 is 5.27. The molecule has 4 heteroatoms. The van der Waals surface area contributed by atoms with E-state index in [1.807, 2.05) is 27.7 Å². The van der Waals surface area contributed by atoms with Crippen LogP contribution in [0.15, 0.2) is 0 Å². The summed E-state index contributed by atoms with van der Waals surface area (Å²) >= 11 is 0. The van der Waals surface area contributed by atoms with Crippen LogP contribution in [0.25, 0.3) is 0 Å². The summed E-state index contributed by atoms with van der Waals surface area (Å²) in [6.45, 7) is 8.27. The third-order valence-corrected chi connectivity index (χ3v) is 2.44. The number of ether oxygens (including phenoxy) is 1. The van der Waals surface area contributed by atoms with Gasteiger partial charge in [0.25, 0.3) is 0 Å². The minimum Gasteiger partial charge on any atom is -0.444 e. The van der Waals surface area contributed by atoms with Gasteiger partial charge in [-0.3, -0.25) is 0 Å². The van der Waals surface area contributed by atoms with Crippen LogP contribution < -0.4 is 5.73 Å². The Bertz CT molecular complexity index is 223. The molecule has 1 rings (SSSR count). The third kappa shape index (κ3) is 2.61. The van der Waals surface area contributed by atoms with Gasteiger partial charge < -0.3 is 15.4 Å². The zero-order valence-electron chi connectivity index (χ0n) is 9.41. The van der Waals surface area contributed by atoms with Gasteiger partial charge in [0.15, 0.2) is 0 Å². The van der Waals surface area contributed by atoms with Crippen molar-refractivity contribution in [2.75, 3.05) is 6.54 Å². The van der Waals surface area contributed by atoms with Gasteiger partial charge in [-0.15, -0.1) is 0 Å². The number of rotatable bonds is 0. The average Bonchev–Trinajstić information content (AvgIpc) is 2.29. The predicted octanol–water partition coefficient (Wildman–Crippen LogP) is 1.34. The maximum Gasteiger partial charge on any atom is 0.410 e. The molecule has 0 radical (unpaired) electrons. The van der Waals surface area contributed by atoms with Gasteiger partial charge in [-0.2, -0.15) is 0 Å². The molecule has 0 saturated carbocycles. The molecule has 1 fully saturated rings. The number of carbonyl (C=O) groups is 1. The van der Waals surface area contributed by atoms with Crippen molar-refractivity contribution in [3.05, 3.63) is 0 Å². The Morgan fingerprint density at radius 1 is 1.50 bits per heavy atom. The Kier molecular flexibility index (Phi) is 3.04. The van der Waals surface area contributed by atoms with E-state index < -0.39 is 5.60 Å². The zero-order chi connectivity index (χ0) is 10.9. The molecule has 0 spiro atoms. The molecule has 14 heavy (non-hydrogen) atoms. The summed E-state index contributed by atoms with van der Waals surface area (Å²) in [5.41, 5.74) is 5.39. The van der Waals surface area contributed by atoms with Crippen LogP contribution in [0, 0.1) is 0 Å². The highest BCUT2D eigenvalue weighted by atomic mass is 16.6. The zero-order valence-corrected chi connectivity index (χ0v) is 9.41. The molecule has 0 bridgehead atoms. The first kappa shape index (κ1) is 11.3. The lowest BCUT2D eigenvalue weighted by Gasteiger charge is -2.27. The number of hydrogen-bond acceptors (Lipinski definition) is 3. The number of nitrogens with two attached hydrogens (primary N) is 1. The standard InChI is InChI=1S/C10H20N2O2/c1-7-8(11)5-6-12(7)9(13)14-10(2,3)4/h7-8H,5-6,11H2,1-4H3. The quantitative estimate of drug-likeness (QED) is 0.642. The minimum atomic E-state index is -0.427. The van der Waals surface area contributed by atoms with Gasteiger partial charge in [-0.05, 0) is 34.1 Å². The SMILES string of the molecule is CC1C(N)CCN1C(=O)OC(C)(C)C. The van der Waals surface area contributed by atoms with Gasteiger partial charge in [0.1, 0.15) is 5.60 Å². The molecule has 1 amide bonds. The van der Waals surface area contributed by atoms with Crippen LogP contribution in [0.5, 0.6) is 0 Å². The predicted molar refractivity (Wildman–Crippen MR) is 55.0 cm³/mol. The van der Waals surface area contributed by atoms with E-state index in [0.29, 0.717) is 6.54 Å². The molecule has 0 aromatic heterocycles. The highest BCUT2D eigenvalue weighted by Gasteiger charge is 2.33. The molecule has 2 N–H and O–H groups in total. The molecule has 82 valence electrons. The van der Waals surface area contributed by atoms with Crippen LogP contribution in [0.1, 0.15) is 34.1 Å². The fourth-order valence-electron chi connectivity index (χ4n) is 1.54. The summed E-state index contributed by atoms with van der Waals surface area (Å²) in [6, 6.07) is 0.173. The smallest absolute Gasteiger partial charge is 0.410 e. The van der Waals surface area contributed by atoms with Crippen LogP contribution in [-0.2, 0) is 4.74 Å². The van der Waals surface area contributed by atoms with Crippen molar-refractivity contribution in [3.8, 4) is 0 Å². The molecule has 4 nitrogen and oxygen atoms in total. The Morgan fingerprint density at radius 2 is 2.07 bits per heavy atom. The van der Waals surface area contributed by atoms with Crippen molar-refractivity contribution in [1.29, 1.82) is 0 Å². The van der Waals surface area contributed by atoms with Crippen LogP contribution in [0.4, 0.5) is 4.79 Å². The van der Waals surface area contributed by atoms with Crippen molar-refractivity contribution in [3.63, 3.8) is 0 Å². The lowest BCUT2D eigenvalue weighted by atomic mass is 10.2. The van der Waals surface area contributed by atoms with Crippen LogP contribution in [-0.4, -0.2) is 35.2 Å². The van der Waals surface area contributed by atoms with Gasteiger partial charge in [0.2, 0.25) is 0 Å². The molecular weight excluding hydrogens is 180 g/mol. The average molecular weight is 200 g/mol. The van der Waals surface area contributed by atoms with E-state index in [4.69, 9.17) is 10.5 Å². The molecule has 0 aliphatic carbocycles. The van der Waals surface area contributed by atoms with Gasteiger partial charge in [-0.1, -0.05) is 0 Å². The van der Waals surface area contributed by atoms with Crippen molar-refractivity contribution in [1.82, 2.24) is 4.90 Å². The highest BCUT2D eigenvalue weighted by molar-refractivity contribution is 5.69. The Balaban J connectivity index is 2.54. The van der Waals surface area contributed by atoms with E-state index >= 15 is 0 Å². The monoisotopic (exact) mass is 200 g/mol. The summed E-state index contributed by atoms with van der Waals surface area (Å²) in [6.07, 6.45) is 0.610. The van der Waals surface area contributed by atoms with E-state index in [9.17, 15) is 4.79 Å². The topological polar surface area (TPSA) is 55.6 Å². The Hall–Kier alpha value is -0.770. The first-order valence-corrected chi connectivity index (χ1v) is 5.06. The first-order chi connectivity index (χ1) is 6.31. The van der Waals surface area contributed by atoms with Gasteiger partial charge >= 0.3 is 6.09 Å². The second-order valence-corrected chi connectivity index (χ2v) is 4.87. The largest absolute Gasteiger partial charge is 0.444 e. The third-order valence-electron chi connectivity index (χ3n) is 2.44. The van der Waals surface area contributed by atoms with Crippen LogP contribution in [0.2, 0.25) is 0 Å². The first-order valence-electron chi connectivity index (χ1n) is 5.06. The molecular formula is C10H20N2O2. The number of amides is 1. The molecule has 0 aromatic carbocycles. The van der Waals surface area contributed by atoms with Crippen molar-refractivity contribution in [2.24, 2.45) is 5.73 Å². The minimum absolute atomic E-state index is 0.0857. The molecule has 1 aliphatic heterocycles. The van der Waals surface area contributed by atoms with E-state index in [2.05, 4.69) is 0 Å². The molecule has 0 aromatic rings. The Labute approximate surface area is 85.4 Å². The number of carbonyl (C=O) groups excluding carboxylic acids is 1. The highest BCUT2D eigenvalue weighted by Crippen LogP contribution is 2.19. The fraction of sp³-hybridized carbons (Fsp3) is 0.900. The normalized spacial score (nSPS) is 27.9. The maximum atomic E-state index is 11.7. The summed E-state index contributed by atoms with van der Waals surface area (Å²) in [4.78, 5) is 13.4. The van der Waals surface area contributed by atoms with E-state index in [0.717, 1.165) is 6.42 Å². The van der Waals surface area contributed by atoms with Gasteiger partial charge in [-0.25, -0.2) is 4.79 Å². The second-order valence-electron chi connectivity index (χ2n) is 4.87. The van der Waals surface area contributed by atoms with E-state index in [1.165, 1.54) is 0 Å². The van der Waals surface area contributed by atoms with E-state index in [-0.39, 0.29) is 18.2 Å².